The fourth-order valence-electron chi connectivity index (χ4n) is 6.88. The minimum absolute atomic E-state index is 0.0576. The molecule has 0 saturated heterocycles. The van der Waals surface area contributed by atoms with Crippen LogP contribution in [0, 0.1) is 34.5 Å². The first-order valence-electron chi connectivity index (χ1n) is 9.67. The van der Waals surface area contributed by atoms with Gasteiger partial charge in [-0.1, -0.05) is 12.5 Å². The predicted molar refractivity (Wildman–Crippen MR) is 93.1 cm³/mol. The Balaban J connectivity index is 1.75. The topological polar surface area (TPSA) is 88.5 Å². The molecule has 1 N–H and O–H groups in total. The molecule has 0 bridgehead atoms. The first kappa shape index (κ1) is 17.8. The second-order valence-corrected chi connectivity index (χ2v) is 9.13. The van der Waals surface area contributed by atoms with Crippen molar-refractivity contribution in [2.75, 3.05) is 6.61 Å². The number of rotatable bonds is 2. The zero-order valence-corrected chi connectivity index (χ0v) is 15.4. The Morgan fingerprint density at radius 1 is 1.19 bits per heavy atom. The van der Waals surface area contributed by atoms with Crippen LogP contribution < -0.4 is 0 Å². The molecule has 0 unspecified atom stereocenters. The molecule has 4 aliphatic rings. The van der Waals surface area contributed by atoms with Crippen molar-refractivity contribution >= 4 is 23.1 Å². The van der Waals surface area contributed by atoms with E-state index in [1.54, 1.807) is 6.08 Å². The second-order valence-electron chi connectivity index (χ2n) is 9.13. The molecular formula is C21H26O5. The number of carbonyl (C=O) groups is 4. The summed E-state index contributed by atoms with van der Waals surface area (Å²) < 4.78 is 0. The van der Waals surface area contributed by atoms with Crippen LogP contribution in [0.1, 0.15) is 52.4 Å². The molecule has 3 saturated carbocycles. The average Bonchev–Trinajstić information content (AvgIpc) is 2.92. The Morgan fingerprint density at radius 3 is 2.62 bits per heavy atom. The Hall–Kier alpha value is -1.62. The number of carbonyl (C=O) groups excluding carboxylic acids is 4. The van der Waals surface area contributed by atoms with E-state index in [4.69, 9.17) is 0 Å². The maximum atomic E-state index is 13.3. The molecule has 5 nitrogen and oxygen atoms in total. The summed E-state index contributed by atoms with van der Waals surface area (Å²) in [6.45, 7) is 3.41. The third kappa shape index (κ3) is 2.13. The first-order chi connectivity index (χ1) is 12.2. The number of Topliss-reactive ketones (excluding diaryl/α,β-unsaturated/α-hetero) is 3. The minimum atomic E-state index is -0.853. The lowest BCUT2D eigenvalue weighted by Gasteiger charge is -2.56. The zero-order valence-electron chi connectivity index (χ0n) is 15.4. The zero-order chi connectivity index (χ0) is 18.9. The van der Waals surface area contributed by atoms with Gasteiger partial charge in [-0.15, -0.1) is 0 Å². The molecule has 140 valence electrons. The molecule has 0 spiro atoms. The van der Waals surface area contributed by atoms with E-state index in [1.165, 1.54) is 0 Å². The van der Waals surface area contributed by atoms with Crippen molar-refractivity contribution in [1.29, 1.82) is 0 Å². The predicted octanol–water partition coefficient (Wildman–Crippen LogP) is 2.05. The van der Waals surface area contributed by atoms with Crippen molar-refractivity contribution in [2.45, 2.75) is 52.4 Å². The van der Waals surface area contributed by atoms with Gasteiger partial charge in [0, 0.05) is 18.3 Å². The van der Waals surface area contributed by atoms with Crippen LogP contribution in [0.15, 0.2) is 11.6 Å². The van der Waals surface area contributed by atoms with Crippen molar-refractivity contribution in [3.63, 3.8) is 0 Å². The van der Waals surface area contributed by atoms with E-state index in [0.29, 0.717) is 19.3 Å². The van der Waals surface area contributed by atoms with Gasteiger partial charge >= 0.3 is 0 Å². The van der Waals surface area contributed by atoms with Gasteiger partial charge in [-0.2, -0.15) is 0 Å². The number of ketones is 4. The van der Waals surface area contributed by atoms with Gasteiger partial charge in [0.1, 0.15) is 12.4 Å². The molecule has 6 atom stereocenters. The quantitative estimate of drug-likeness (QED) is 0.763. The van der Waals surface area contributed by atoms with Crippen LogP contribution in [0.3, 0.4) is 0 Å². The summed E-state index contributed by atoms with van der Waals surface area (Å²) in [5, 5.41) is 9.33. The molecule has 3 fully saturated rings. The highest BCUT2D eigenvalue weighted by atomic mass is 16.3. The maximum Gasteiger partial charge on any atom is 0.163 e. The summed E-state index contributed by atoms with van der Waals surface area (Å²) in [7, 11) is 0. The van der Waals surface area contributed by atoms with Gasteiger partial charge in [0.15, 0.2) is 17.3 Å². The van der Waals surface area contributed by atoms with E-state index < -0.39 is 17.4 Å². The van der Waals surface area contributed by atoms with E-state index >= 15 is 0 Å². The lowest BCUT2D eigenvalue weighted by Crippen LogP contribution is -2.58. The maximum absolute atomic E-state index is 13.3. The SMILES string of the molecule is C[C@]12C(=O)CC(=O)C=C1CC[C@@H]1[C@@H]2C(=O)C[C@]2(C)[C@@H](C(=O)CO)CC[C@@H]12. The van der Waals surface area contributed by atoms with Crippen LogP contribution in [-0.2, 0) is 19.2 Å². The van der Waals surface area contributed by atoms with Crippen LogP contribution in [0.25, 0.3) is 0 Å². The van der Waals surface area contributed by atoms with Crippen LogP contribution in [0.2, 0.25) is 0 Å². The fraction of sp³-hybridized carbons (Fsp3) is 0.714. The van der Waals surface area contributed by atoms with E-state index in [1.807, 2.05) is 13.8 Å². The second kappa shape index (κ2) is 5.69. The van der Waals surface area contributed by atoms with Crippen LogP contribution in [0.5, 0.6) is 0 Å². The molecule has 0 aromatic heterocycles. The summed E-state index contributed by atoms with van der Waals surface area (Å²) in [5.41, 5.74) is -0.435. The summed E-state index contributed by atoms with van der Waals surface area (Å²) in [6, 6.07) is 0. The van der Waals surface area contributed by atoms with E-state index in [9.17, 15) is 24.3 Å². The van der Waals surface area contributed by atoms with Gasteiger partial charge in [-0.05, 0) is 55.9 Å². The third-order valence-corrected chi connectivity index (χ3v) is 8.09. The Labute approximate surface area is 153 Å². The van der Waals surface area contributed by atoms with Crippen molar-refractivity contribution in [1.82, 2.24) is 0 Å². The van der Waals surface area contributed by atoms with Gasteiger partial charge in [0.05, 0.1) is 11.8 Å². The fourth-order valence-corrected chi connectivity index (χ4v) is 6.88. The number of fused-ring (bicyclic) bond motifs is 5. The van der Waals surface area contributed by atoms with Gasteiger partial charge in [-0.25, -0.2) is 0 Å². The smallest absolute Gasteiger partial charge is 0.163 e. The summed E-state index contributed by atoms with van der Waals surface area (Å²) in [6.07, 6.45) is 4.83. The summed E-state index contributed by atoms with van der Waals surface area (Å²) >= 11 is 0. The monoisotopic (exact) mass is 358 g/mol. The number of hydrogen-bond donors (Lipinski definition) is 1. The highest BCUT2D eigenvalue weighted by molar-refractivity contribution is 6.12. The summed E-state index contributed by atoms with van der Waals surface area (Å²) in [4.78, 5) is 50.2. The highest BCUT2D eigenvalue weighted by Gasteiger charge is 2.64. The van der Waals surface area contributed by atoms with Crippen molar-refractivity contribution in [2.24, 2.45) is 34.5 Å². The van der Waals surface area contributed by atoms with Gasteiger partial charge in [0.25, 0.3) is 0 Å². The van der Waals surface area contributed by atoms with Gasteiger partial charge in [-0.3, -0.25) is 19.2 Å². The van der Waals surface area contributed by atoms with Gasteiger partial charge < -0.3 is 5.11 Å². The minimum Gasteiger partial charge on any atom is -0.389 e. The molecule has 0 aliphatic heterocycles. The lowest BCUT2D eigenvalue weighted by atomic mass is 9.46. The largest absolute Gasteiger partial charge is 0.389 e. The standard InChI is InChI=1S/C21H26O5/c1-20-9-16(24)19-13(14(20)5-6-15(20)17(25)10-22)4-3-11-7-12(23)8-18(26)21(11,19)2/h7,13-15,19,22H,3-6,8-10H2,1-2H3/t13-,14-,15+,19+,20-,21+/m0/s1. The average molecular weight is 358 g/mol. The Bertz CT molecular complexity index is 750. The molecule has 26 heavy (non-hydrogen) atoms. The van der Waals surface area contributed by atoms with E-state index in [-0.39, 0.29) is 53.2 Å². The summed E-state index contributed by atoms with van der Waals surface area (Å²) in [5.74, 6) is -0.715. The van der Waals surface area contributed by atoms with E-state index in [0.717, 1.165) is 18.4 Å². The highest BCUT2D eigenvalue weighted by Crippen LogP contribution is 2.65. The number of aliphatic hydroxyl groups is 1. The van der Waals surface area contributed by atoms with Crippen LogP contribution in [-0.4, -0.2) is 34.8 Å². The number of allylic oxidation sites excluding steroid dienone is 1. The van der Waals surface area contributed by atoms with Crippen molar-refractivity contribution in [3.05, 3.63) is 11.6 Å². The van der Waals surface area contributed by atoms with Crippen molar-refractivity contribution in [3.8, 4) is 0 Å². The first-order valence-corrected chi connectivity index (χ1v) is 9.67. The molecule has 4 aliphatic carbocycles. The Kier molecular flexibility index (Phi) is 3.89. The van der Waals surface area contributed by atoms with Crippen LogP contribution >= 0.6 is 0 Å². The molecule has 0 aromatic carbocycles. The number of hydrogen-bond acceptors (Lipinski definition) is 5. The molecule has 0 amide bonds. The molecule has 0 aromatic rings. The van der Waals surface area contributed by atoms with Gasteiger partial charge in [0.2, 0.25) is 0 Å². The molecular weight excluding hydrogens is 332 g/mol. The normalized spacial score (nSPS) is 44.9. The molecule has 5 heteroatoms. The molecule has 4 rings (SSSR count). The molecule has 0 radical (unpaired) electrons. The third-order valence-electron chi connectivity index (χ3n) is 8.09. The molecule has 0 heterocycles. The van der Waals surface area contributed by atoms with E-state index in [2.05, 4.69) is 0 Å². The van der Waals surface area contributed by atoms with Crippen LogP contribution in [0.4, 0.5) is 0 Å². The lowest BCUT2D eigenvalue weighted by molar-refractivity contribution is -0.155. The number of aliphatic hydroxyl groups excluding tert-OH is 1. The van der Waals surface area contributed by atoms with Crippen molar-refractivity contribution < 1.29 is 24.3 Å². The Morgan fingerprint density at radius 2 is 1.92 bits per heavy atom.